The molecule has 5 rings (SSSR count). The zero-order valence-corrected chi connectivity index (χ0v) is 13.0. The van der Waals surface area contributed by atoms with Crippen LogP contribution in [0.3, 0.4) is 0 Å². The van der Waals surface area contributed by atoms with Crippen LogP contribution in [0, 0.1) is 13.5 Å². The molecule has 1 aliphatic carbocycles. The lowest BCUT2D eigenvalue weighted by Crippen LogP contribution is -2.20. The maximum atomic E-state index is 12.5. The molecule has 24 heavy (non-hydrogen) atoms. The van der Waals surface area contributed by atoms with Crippen molar-refractivity contribution in [2.75, 3.05) is 0 Å². The number of aryl methyl sites for hydroxylation is 2. The molecule has 0 fully saturated rings. The first kappa shape index (κ1) is 13.3. The van der Waals surface area contributed by atoms with Gasteiger partial charge in [-0.3, -0.25) is 14.9 Å². The molecule has 1 aliphatic heterocycles. The summed E-state index contributed by atoms with van der Waals surface area (Å²) in [5.41, 5.74) is 6.46. The number of rotatable bonds is 0. The van der Waals surface area contributed by atoms with Crippen molar-refractivity contribution >= 4 is 39.3 Å². The van der Waals surface area contributed by atoms with E-state index in [-0.39, 0.29) is 11.8 Å². The lowest BCUT2D eigenvalue weighted by atomic mass is 9.92. The van der Waals surface area contributed by atoms with Gasteiger partial charge in [-0.25, -0.2) is 4.85 Å². The summed E-state index contributed by atoms with van der Waals surface area (Å²) in [7, 11) is 0. The van der Waals surface area contributed by atoms with Crippen LogP contribution in [-0.2, 0) is 12.8 Å². The third kappa shape index (κ3) is 1.39. The van der Waals surface area contributed by atoms with Gasteiger partial charge in [0.25, 0.3) is 11.8 Å². The highest BCUT2D eigenvalue weighted by molar-refractivity contribution is 6.31. The van der Waals surface area contributed by atoms with E-state index in [1.165, 1.54) is 0 Å². The molecule has 2 heterocycles. The number of nitrogens with zero attached hydrogens (tertiary/aromatic N) is 1. The highest BCUT2D eigenvalue weighted by Gasteiger charge is 2.36. The molecular weight excluding hydrogens is 302 g/mol. The average Bonchev–Trinajstić information content (AvgIpc) is 3.23. The molecule has 0 atom stereocenters. The van der Waals surface area contributed by atoms with E-state index in [1.807, 2.05) is 13.0 Å². The zero-order valence-electron chi connectivity index (χ0n) is 13.0. The molecule has 0 radical (unpaired) electrons. The minimum atomic E-state index is -0.330. The van der Waals surface area contributed by atoms with Crippen LogP contribution in [0.5, 0.6) is 0 Å². The van der Waals surface area contributed by atoms with Crippen molar-refractivity contribution in [3.63, 3.8) is 0 Å². The quantitative estimate of drug-likeness (QED) is 0.492. The third-order valence-electron chi connectivity index (χ3n) is 5.32. The van der Waals surface area contributed by atoms with Crippen LogP contribution < -0.4 is 5.32 Å². The van der Waals surface area contributed by atoms with Crippen molar-refractivity contribution in [1.29, 1.82) is 0 Å². The molecule has 5 heteroatoms. The number of hydrogen-bond donors (Lipinski definition) is 2. The minimum absolute atomic E-state index is 0.289. The van der Waals surface area contributed by atoms with Gasteiger partial charge in [0.1, 0.15) is 0 Å². The Morgan fingerprint density at radius 3 is 2.58 bits per heavy atom. The van der Waals surface area contributed by atoms with Crippen LogP contribution >= 0.6 is 0 Å². The predicted molar refractivity (Wildman–Crippen MR) is 90.6 cm³/mol. The van der Waals surface area contributed by atoms with Gasteiger partial charge in [-0.05, 0) is 48.9 Å². The van der Waals surface area contributed by atoms with Crippen molar-refractivity contribution in [2.24, 2.45) is 0 Å². The van der Waals surface area contributed by atoms with E-state index >= 15 is 0 Å². The molecule has 2 aromatic carbocycles. The number of amides is 2. The molecule has 0 saturated carbocycles. The van der Waals surface area contributed by atoms with Crippen LogP contribution in [-0.4, -0.2) is 16.8 Å². The Labute approximate surface area is 137 Å². The third-order valence-corrected chi connectivity index (χ3v) is 5.32. The van der Waals surface area contributed by atoms with Gasteiger partial charge in [-0.1, -0.05) is 6.07 Å². The maximum Gasteiger partial charge on any atom is 0.259 e. The number of benzene rings is 2. The highest BCUT2D eigenvalue weighted by atomic mass is 16.2. The average molecular weight is 315 g/mol. The molecular formula is C19H13N3O2. The van der Waals surface area contributed by atoms with Gasteiger partial charge in [-0.2, -0.15) is 0 Å². The number of aromatic nitrogens is 1. The van der Waals surface area contributed by atoms with E-state index in [1.54, 1.807) is 6.07 Å². The monoisotopic (exact) mass is 315 g/mol. The van der Waals surface area contributed by atoms with Crippen molar-refractivity contribution in [2.45, 2.75) is 26.2 Å². The fourth-order valence-electron chi connectivity index (χ4n) is 4.32. The summed E-state index contributed by atoms with van der Waals surface area (Å²) in [5.74, 6) is -0.619. The fraction of sp³-hybridized carbons (Fsp3) is 0.211. The molecule has 0 spiro atoms. The van der Waals surface area contributed by atoms with Crippen molar-refractivity contribution in [3.8, 4) is 0 Å². The summed E-state index contributed by atoms with van der Waals surface area (Å²) in [5, 5.41) is 4.14. The number of aromatic amines is 1. The summed E-state index contributed by atoms with van der Waals surface area (Å²) in [6.07, 6.45) is 2.72. The van der Waals surface area contributed by atoms with Gasteiger partial charge < -0.3 is 4.98 Å². The number of fused-ring (bicyclic) bond motifs is 8. The second-order valence-electron chi connectivity index (χ2n) is 6.46. The van der Waals surface area contributed by atoms with Crippen LogP contribution in [0.2, 0.25) is 0 Å². The maximum absolute atomic E-state index is 12.5. The standard InChI is InChI=1S/C19H13N3O2/c1-8-11(20-2)6-7-12-13(8)15-16-14(18(23)22-19(16)24)9-4-3-5-10(9)17(15)21-12/h6-7,21H,3-5H2,1H3,(H,22,23,24). The molecule has 1 aromatic heterocycles. The topological polar surface area (TPSA) is 66.3 Å². The van der Waals surface area contributed by atoms with Gasteiger partial charge in [0, 0.05) is 16.3 Å². The van der Waals surface area contributed by atoms with E-state index < -0.39 is 0 Å². The minimum Gasteiger partial charge on any atom is -0.354 e. The largest absolute Gasteiger partial charge is 0.354 e. The second-order valence-corrected chi connectivity index (χ2v) is 6.46. The van der Waals surface area contributed by atoms with Crippen molar-refractivity contribution in [1.82, 2.24) is 10.3 Å². The molecule has 116 valence electrons. The summed E-state index contributed by atoms with van der Waals surface area (Å²) in [4.78, 5) is 31.9. The van der Waals surface area contributed by atoms with Crippen LogP contribution in [0.25, 0.3) is 26.7 Å². The number of imide groups is 1. The van der Waals surface area contributed by atoms with Crippen molar-refractivity contribution in [3.05, 3.63) is 51.4 Å². The zero-order chi connectivity index (χ0) is 16.6. The Bertz CT molecular complexity index is 1160. The number of nitrogens with one attached hydrogen (secondary N) is 2. The van der Waals surface area contributed by atoms with Crippen molar-refractivity contribution < 1.29 is 9.59 Å². The van der Waals surface area contributed by atoms with Gasteiger partial charge in [0.05, 0.1) is 23.2 Å². The van der Waals surface area contributed by atoms with Gasteiger partial charge in [0.2, 0.25) is 0 Å². The summed E-state index contributed by atoms with van der Waals surface area (Å²) in [6.45, 7) is 9.25. The first-order valence-corrected chi connectivity index (χ1v) is 7.97. The number of carbonyl (C=O) groups is 2. The predicted octanol–water partition coefficient (Wildman–Crippen LogP) is 3.55. The van der Waals surface area contributed by atoms with Crippen LogP contribution in [0.1, 0.15) is 43.8 Å². The molecule has 5 nitrogen and oxygen atoms in total. The Hall–Kier alpha value is -3.13. The van der Waals surface area contributed by atoms with Gasteiger partial charge >= 0.3 is 0 Å². The smallest absolute Gasteiger partial charge is 0.259 e. The van der Waals surface area contributed by atoms with E-state index in [9.17, 15) is 9.59 Å². The Balaban J connectivity index is 2.10. The SMILES string of the molecule is [C-]#[N+]c1ccc2[nH]c3c4c(c5c(c3c2c1C)C(=O)NC5=O)CCC4. The van der Waals surface area contributed by atoms with E-state index in [2.05, 4.69) is 15.1 Å². The molecule has 0 unspecified atom stereocenters. The number of H-pyrrole nitrogens is 1. The molecule has 2 N–H and O–H groups in total. The van der Waals surface area contributed by atoms with E-state index in [0.717, 1.165) is 57.8 Å². The fourth-order valence-corrected chi connectivity index (χ4v) is 4.32. The number of carbonyl (C=O) groups excluding carboxylic acids is 2. The highest BCUT2D eigenvalue weighted by Crippen LogP contribution is 2.43. The van der Waals surface area contributed by atoms with Crippen LogP contribution in [0.4, 0.5) is 5.69 Å². The lowest BCUT2D eigenvalue weighted by Gasteiger charge is -2.08. The molecule has 2 amide bonds. The van der Waals surface area contributed by atoms with E-state index in [4.69, 9.17) is 6.57 Å². The first-order chi connectivity index (χ1) is 11.6. The molecule has 0 bridgehead atoms. The summed E-state index contributed by atoms with van der Waals surface area (Å²) < 4.78 is 0. The molecule has 3 aromatic rings. The van der Waals surface area contributed by atoms with Gasteiger partial charge in [-0.15, -0.1) is 0 Å². The Morgan fingerprint density at radius 1 is 1.04 bits per heavy atom. The van der Waals surface area contributed by atoms with Gasteiger partial charge in [0.15, 0.2) is 5.69 Å². The normalized spacial score (nSPS) is 15.7. The lowest BCUT2D eigenvalue weighted by molar-refractivity contribution is 0.0880. The summed E-state index contributed by atoms with van der Waals surface area (Å²) >= 11 is 0. The summed E-state index contributed by atoms with van der Waals surface area (Å²) in [6, 6.07) is 3.68. The molecule has 0 saturated heterocycles. The second kappa shape index (κ2) is 4.24. The van der Waals surface area contributed by atoms with E-state index in [0.29, 0.717) is 16.8 Å². The Kier molecular flexibility index (Phi) is 2.35. The Morgan fingerprint density at radius 2 is 1.79 bits per heavy atom. The molecule has 2 aliphatic rings. The first-order valence-electron chi connectivity index (χ1n) is 7.97. The van der Waals surface area contributed by atoms with Crippen LogP contribution in [0.15, 0.2) is 12.1 Å². The number of hydrogen-bond acceptors (Lipinski definition) is 2.